The van der Waals surface area contributed by atoms with Gasteiger partial charge in [0.2, 0.25) is 0 Å². The second-order valence-electron chi connectivity index (χ2n) is 9.63. The number of aliphatic imine (C=N–C) groups is 1. The van der Waals surface area contributed by atoms with E-state index in [4.69, 9.17) is 23.1 Å². The molecule has 0 radical (unpaired) electrons. The van der Waals surface area contributed by atoms with E-state index >= 15 is 0 Å². The summed E-state index contributed by atoms with van der Waals surface area (Å²) in [6.45, 7) is 2.74. The zero-order valence-electron chi connectivity index (χ0n) is 21.1. The third-order valence-electron chi connectivity index (χ3n) is 7.03. The standard InChI is InChI=1S/C27H30ClN7O2S/c1-31-23(18-4-2-17(13-29)3-5-18)24-22(30)26(36)35(16-33-24)15-27(37)7-10-34(11-8-27)14-19-12-21-25(38-19)20(28)6-9-32-21/h2-6,9,12,16,37H,7-8,10-11,13-15,29-30H2,1H3. The lowest BCUT2D eigenvalue weighted by atomic mass is 9.91. The van der Waals surface area contributed by atoms with E-state index in [1.165, 1.54) is 15.8 Å². The third kappa shape index (κ3) is 5.36. The number of likely N-dealkylation sites (tertiary alicyclic amines) is 1. The fourth-order valence-corrected chi connectivity index (χ4v) is 6.17. The summed E-state index contributed by atoms with van der Waals surface area (Å²) >= 11 is 7.95. The molecule has 0 aliphatic carbocycles. The number of halogens is 1. The van der Waals surface area contributed by atoms with Gasteiger partial charge in [-0.05, 0) is 30.5 Å². The number of fused-ring (bicyclic) bond motifs is 1. The Morgan fingerprint density at radius 3 is 2.61 bits per heavy atom. The summed E-state index contributed by atoms with van der Waals surface area (Å²) in [6.07, 6.45) is 4.22. The van der Waals surface area contributed by atoms with Crippen LogP contribution in [0.25, 0.3) is 10.2 Å². The number of thiophene rings is 1. The Labute approximate surface area is 229 Å². The number of piperidine rings is 1. The Morgan fingerprint density at radius 1 is 1.21 bits per heavy atom. The highest BCUT2D eigenvalue weighted by atomic mass is 35.5. The molecule has 0 atom stereocenters. The quantitative estimate of drug-likeness (QED) is 0.300. The molecule has 3 aromatic heterocycles. The maximum absolute atomic E-state index is 13.2. The summed E-state index contributed by atoms with van der Waals surface area (Å²) in [4.78, 5) is 29.8. The second-order valence-corrected chi connectivity index (χ2v) is 11.2. The average Bonchev–Trinajstić information content (AvgIpc) is 3.34. The molecule has 38 heavy (non-hydrogen) atoms. The molecule has 1 aliphatic rings. The molecule has 0 amide bonds. The zero-order valence-corrected chi connectivity index (χ0v) is 22.7. The van der Waals surface area contributed by atoms with Crippen LogP contribution in [0.4, 0.5) is 5.69 Å². The van der Waals surface area contributed by atoms with Gasteiger partial charge in [0.25, 0.3) is 5.56 Å². The molecule has 11 heteroatoms. The molecule has 4 aromatic rings. The SMILES string of the molecule is CN=C(c1ccc(CN)cc1)c1ncn(CC2(O)CCN(Cc3cc4nccc(Cl)c4s3)CC2)c(=O)c1N. The number of pyridine rings is 1. The molecule has 1 saturated heterocycles. The monoisotopic (exact) mass is 551 g/mol. The van der Waals surface area contributed by atoms with Gasteiger partial charge in [0.1, 0.15) is 11.4 Å². The molecule has 1 aromatic carbocycles. The summed E-state index contributed by atoms with van der Waals surface area (Å²) in [5.74, 6) is 0. The van der Waals surface area contributed by atoms with Gasteiger partial charge in [-0.1, -0.05) is 35.9 Å². The lowest BCUT2D eigenvalue weighted by Crippen LogP contribution is -2.48. The number of rotatable bonds is 7. The number of nitrogen functional groups attached to an aromatic ring is 1. The Morgan fingerprint density at radius 2 is 1.95 bits per heavy atom. The van der Waals surface area contributed by atoms with Crippen LogP contribution in [-0.4, -0.2) is 56.0 Å². The van der Waals surface area contributed by atoms with Gasteiger partial charge in [-0.15, -0.1) is 11.3 Å². The summed E-state index contributed by atoms with van der Waals surface area (Å²) in [5, 5.41) is 12.0. The van der Waals surface area contributed by atoms with Crippen molar-refractivity contribution >= 4 is 44.6 Å². The van der Waals surface area contributed by atoms with Crippen LogP contribution < -0.4 is 17.0 Å². The van der Waals surface area contributed by atoms with E-state index in [-0.39, 0.29) is 17.8 Å². The van der Waals surface area contributed by atoms with Crippen LogP contribution >= 0.6 is 22.9 Å². The second kappa shape index (κ2) is 10.9. The fourth-order valence-electron chi connectivity index (χ4n) is 4.83. The number of nitrogens with two attached hydrogens (primary N) is 2. The number of hydrogen-bond acceptors (Lipinski definition) is 9. The van der Waals surface area contributed by atoms with Gasteiger partial charge >= 0.3 is 0 Å². The average molecular weight is 552 g/mol. The number of hydrogen-bond donors (Lipinski definition) is 3. The molecule has 5 N–H and O–H groups in total. The van der Waals surface area contributed by atoms with Crippen LogP contribution in [-0.2, 0) is 19.6 Å². The Hall–Kier alpha value is -3.15. The van der Waals surface area contributed by atoms with Gasteiger partial charge in [-0.25, -0.2) is 4.98 Å². The highest BCUT2D eigenvalue weighted by Crippen LogP contribution is 2.32. The third-order valence-corrected chi connectivity index (χ3v) is 8.60. The van der Waals surface area contributed by atoms with E-state index in [0.717, 1.165) is 27.9 Å². The van der Waals surface area contributed by atoms with Crippen LogP contribution in [0.15, 0.2) is 58.7 Å². The van der Waals surface area contributed by atoms with Crippen molar-refractivity contribution < 1.29 is 5.11 Å². The molecule has 4 heterocycles. The van der Waals surface area contributed by atoms with E-state index in [1.54, 1.807) is 30.6 Å². The smallest absolute Gasteiger partial charge is 0.277 e. The number of aromatic nitrogens is 3. The van der Waals surface area contributed by atoms with Crippen molar-refractivity contribution in [2.24, 2.45) is 10.7 Å². The van der Waals surface area contributed by atoms with Crippen LogP contribution in [0.5, 0.6) is 0 Å². The normalized spacial score (nSPS) is 16.3. The van der Waals surface area contributed by atoms with Crippen molar-refractivity contribution in [3.63, 3.8) is 0 Å². The Bertz CT molecular complexity index is 1540. The van der Waals surface area contributed by atoms with E-state index in [0.29, 0.717) is 48.9 Å². The van der Waals surface area contributed by atoms with E-state index in [2.05, 4.69) is 25.9 Å². The first-order valence-corrected chi connectivity index (χ1v) is 13.6. The van der Waals surface area contributed by atoms with Gasteiger partial charge in [-0.2, -0.15) is 0 Å². The number of anilines is 1. The number of nitrogens with zero attached hydrogens (tertiary/aromatic N) is 5. The van der Waals surface area contributed by atoms with E-state index in [9.17, 15) is 9.90 Å². The van der Waals surface area contributed by atoms with Gasteiger partial charge in [0.05, 0.1) is 39.4 Å². The lowest BCUT2D eigenvalue weighted by molar-refractivity contribution is -0.0363. The Balaban J connectivity index is 1.27. The summed E-state index contributed by atoms with van der Waals surface area (Å²) in [5.41, 5.74) is 14.1. The minimum absolute atomic E-state index is 0.00840. The largest absolute Gasteiger partial charge is 0.392 e. The Kier molecular flexibility index (Phi) is 7.60. The molecular weight excluding hydrogens is 522 g/mol. The maximum Gasteiger partial charge on any atom is 0.277 e. The first kappa shape index (κ1) is 26.5. The van der Waals surface area contributed by atoms with E-state index in [1.807, 2.05) is 24.3 Å². The number of benzene rings is 1. The van der Waals surface area contributed by atoms with Crippen LogP contribution in [0.1, 0.15) is 34.5 Å². The minimum atomic E-state index is -1.03. The first-order valence-electron chi connectivity index (χ1n) is 12.4. The molecule has 5 rings (SSSR count). The van der Waals surface area contributed by atoms with E-state index < -0.39 is 5.60 Å². The molecule has 9 nitrogen and oxygen atoms in total. The van der Waals surface area contributed by atoms with Crippen molar-refractivity contribution in [2.75, 3.05) is 25.9 Å². The molecule has 0 unspecified atom stereocenters. The predicted octanol–water partition coefficient (Wildman–Crippen LogP) is 3.04. The highest BCUT2D eigenvalue weighted by Gasteiger charge is 2.33. The van der Waals surface area contributed by atoms with Crippen LogP contribution in [0, 0.1) is 0 Å². The minimum Gasteiger partial charge on any atom is -0.392 e. The van der Waals surface area contributed by atoms with Gasteiger partial charge in [0, 0.05) is 49.9 Å². The molecule has 1 fully saturated rings. The van der Waals surface area contributed by atoms with Gasteiger partial charge < -0.3 is 16.6 Å². The van der Waals surface area contributed by atoms with Crippen molar-refractivity contribution in [1.82, 2.24) is 19.4 Å². The van der Waals surface area contributed by atoms with Crippen molar-refractivity contribution in [3.05, 3.63) is 86.0 Å². The molecular formula is C27H30ClN7O2S. The fraction of sp³-hybridized carbons (Fsp3) is 0.333. The molecule has 1 aliphatic heterocycles. The highest BCUT2D eigenvalue weighted by molar-refractivity contribution is 7.19. The summed E-state index contributed by atoms with van der Waals surface area (Å²) in [6, 6.07) is 11.5. The summed E-state index contributed by atoms with van der Waals surface area (Å²) < 4.78 is 2.40. The molecule has 198 valence electrons. The predicted molar refractivity (Wildman–Crippen MR) is 153 cm³/mol. The maximum atomic E-state index is 13.2. The summed E-state index contributed by atoms with van der Waals surface area (Å²) in [7, 11) is 1.64. The van der Waals surface area contributed by atoms with Crippen LogP contribution in [0.2, 0.25) is 5.02 Å². The van der Waals surface area contributed by atoms with Gasteiger partial charge in [-0.3, -0.25) is 24.2 Å². The molecule has 0 bridgehead atoms. The van der Waals surface area contributed by atoms with Crippen molar-refractivity contribution in [1.29, 1.82) is 0 Å². The molecule has 0 spiro atoms. The first-order chi connectivity index (χ1) is 18.3. The van der Waals surface area contributed by atoms with Crippen LogP contribution in [0.3, 0.4) is 0 Å². The van der Waals surface area contributed by atoms with Crippen molar-refractivity contribution in [2.45, 2.75) is 38.1 Å². The van der Waals surface area contributed by atoms with Crippen molar-refractivity contribution in [3.8, 4) is 0 Å². The molecule has 0 saturated carbocycles. The van der Waals surface area contributed by atoms with Gasteiger partial charge in [0.15, 0.2) is 0 Å². The topological polar surface area (TPSA) is 136 Å². The number of aliphatic hydroxyl groups is 1. The zero-order chi connectivity index (χ0) is 26.9. The lowest BCUT2D eigenvalue weighted by Gasteiger charge is -2.38.